The largest absolute Gasteiger partial charge is 0.389 e. The number of halogens is 3. The Hall–Kier alpha value is -2.14. The molecule has 0 saturated heterocycles. The van der Waals surface area contributed by atoms with E-state index in [2.05, 4.69) is 18.1 Å². The summed E-state index contributed by atoms with van der Waals surface area (Å²) in [6, 6.07) is 11.9. The number of nitrogens with zero attached hydrogens (tertiary/aromatic N) is 2. The first-order chi connectivity index (χ1) is 14.8. The highest BCUT2D eigenvalue weighted by atomic mass is 35.5. The van der Waals surface area contributed by atoms with Crippen LogP contribution in [0.4, 0.5) is 4.39 Å². The summed E-state index contributed by atoms with van der Waals surface area (Å²) in [5, 5.41) is 17.6. The van der Waals surface area contributed by atoms with Gasteiger partial charge in [0.15, 0.2) is 0 Å². The number of aryl methyl sites for hydroxylation is 1. The maximum Gasteiger partial charge on any atom is 0.123 e. The molecule has 1 N–H and O–H groups in total. The van der Waals surface area contributed by atoms with Gasteiger partial charge in [-0.25, -0.2) is 9.07 Å². The van der Waals surface area contributed by atoms with Crippen molar-refractivity contribution in [1.82, 2.24) is 9.78 Å². The Morgan fingerprint density at radius 1 is 1.16 bits per heavy atom. The summed E-state index contributed by atoms with van der Waals surface area (Å²) in [6.45, 7) is 2.16. The van der Waals surface area contributed by atoms with Gasteiger partial charge >= 0.3 is 0 Å². The van der Waals surface area contributed by atoms with Crippen LogP contribution in [0.1, 0.15) is 43.0 Å². The van der Waals surface area contributed by atoms with Gasteiger partial charge < -0.3 is 5.11 Å². The number of fused-ring (bicyclic) bond motifs is 2. The second kappa shape index (κ2) is 7.47. The van der Waals surface area contributed by atoms with Crippen molar-refractivity contribution in [3.63, 3.8) is 0 Å². The number of hydrogen-bond acceptors (Lipinski definition) is 2. The fourth-order valence-electron chi connectivity index (χ4n) is 5.18. The molecule has 0 radical (unpaired) electrons. The van der Waals surface area contributed by atoms with Crippen molar-refractivity contribution in [2.75, 3.05) is 0 Å². The van der Waals surface area contributed by atoms with Gasteiger partial charge in [0.1, 0.15) is 5.82 Å². The van der Waals surface area contributed by atoms with Crippen LogP contribution in [0.5, 0.6) is 0 Å². The molecule has 1 fully saturated rings. The summed E-state index contributed by atoms with van der Waals surface area (Å²) in [7, 11) is 0. The standard InChI is InChI=1S/C25H23Cl2FN2O/c1-24-14-17-15-29-30(21-6-4-20(28)5-7-21)23(17)12-18(24)9-11-25(24,31)10-8-16-2-3-19(26)13-22(16)27/h2-7,12-13,15,31H,8-11,14H2,1H3/t24-,25-/m0/s1. The Balaban J connectivity index is 1.43. The average molecular weight is 457 g/mol. The summed E-state index contributed by atoms with van der Waals surface area (Å²) >= 11 is 12.4. The average Bonchev–Trinajstić information content (AvgIpc) is 3.24. The second-order valence-electron chi connectivity index (χ2n) is 8.89. The SMILES string of the molecule is C[C@]12Cc3cnn(-c4ccc(F)cc4)c3C=C1CC[C@@]2(O)CCc1ccc(Cl)cc1Cl. The molecule has 0 amide bonds. The molecule has 0 bridgehead atoms. The van der Waals surface area contributed by atoms with Gasteiger partial charge in [-0.3, -0.25) is 0 Å². The van der Waals surface area contributed by atoms with E-state index in [1.807, 2.05) is 23.0 Å². The molecule has 2 aliphatic rings. The third-order valence-electron chi connectivity index (χ3n) is 7.18. The van der Waals surface area contributed by atoms with E-state index < -0.39 is 5.60 Å². The topological polar surface area (TPSA) is 38.0 Å². The second-order valence-corrected chi connectivity index (χ2v) is 9.73. The molecule has 0 aliphatic heterocycles. The summed E-state index contributed by atoms with van der Waals surface area (Å²) in [4.78, 5) is 0. The zero-order valence-electron chi connectivity index (χ0n) is 17.2. The molecule has 0 unspecified atom stereocenters. The molecule has 3 aromatic rings. The van der Waals surface area contributed by atoms with E-state index in [-0.39, 0.29) is 11.2 Å². The number of aromatic nitrogens is 2. The predicted molar refractivity (Wildman–Crippen MR) is 122 cm³/mol. The lowest BCUT2D eigenvalue weighted by Crippen LogP contribution is -2.45. The Morgan fingerprint density at radius 3 is 2.68 bits per heavy atom. The Kier molecular flexibility index (Phi) is 5.00. The van der Waals surface area contributed by atoms with Gasteiger partial charge in [0.05, 0.1) is 23.2 Å². The maximum atomic E-state index is 13.3. The molecule has 1 aromatic heterocycles. The van der Waals surface area contributed by atoms with E-state index in [1.165, 1.54) is 17.7 Å². The van der Waals surface area contributed by atoms with Crippen LogP contribution in [0.25, 0.3) is 11.8 Å². The maximum absolute atomic E-state index is 13.3. The van der Waals surface area contributed by atoms with Crippen LogP contribution in [0.3, 0.4) is 0 Å². The molecular weight excluding hydrogens is 434 g/mol. The van der Waals surface area contributed by atoms with Crippen LogP contribution in [0.15, 0.2) is 54.2 Å². The molecule has 3 nitrogen and oxygen atoms in total. The molecule has 31 heavy (non-hydrogen) atoms. The van der Waals surface area contributed by atoms with Crippen molar-refractivity contribution in [2.45, 2.75) is 44.6 Å². The third kappa shape index (κ3) is 3.42. The van der Waals surface area contributed by atoms with Crippen molar-refractivity contribution in [3.05, 3.63) is 86.9 Å². The molecule has 0 spiro atoms. The molecule has 1 heterocycles. The van der Waals surface area contributed by atoms with Crippen LogP contribution in [-0.4, -0.2) is 20.5 Å². The lowest BCUT2D eigenvalue weighted by molar-refractivity contribution is -0.0461. The molecule has 5 rings (SSSR count). The Morgan fingerprint density at radius 2 is 1.94 bits per heavy atom. The summed E-state index contributed by atoms with van der Waals surface area (Å²) < 4.78 is 15.2. The Labute approximate surface area is 191 Å². The van der Waals surface area contributed by atoms with E-state index in [9.17, 15) is 9.50 Å². The van der Waals surface area contributed by atoms with Crippen molar-refractivity contribution in [3.8, 4) is 5.69 Å². The van der Waals surface area contributed by atoms with Gasteiger partial charge in [-0.05, 0) is 85.7 Å². The number of rotatable bonds is 4. The van der Waals surface area contributed by atoms with Crippen LogP contribution >= 0.6 is 23.2 Å². The van der Waals surface area contributed by atoms with Crippen LogP contribution in [-0.2, 0) is 12.8 Å². The smallest absolute Gasteiger partial charge is 0.123 e. The lowest BCUT2D eigenvalue weighted by atomic mass is 9.65. The minimum atomic E-state index is -0.822. The van der Waals surface area contributed by atoms with Gasteiger partial charge in [0, 0.05) is 15.5 Å². The molecule has 2 aromatic carbocycles. The molecule has 2 aliphatic carbocycles. The highest BCUT2D eigenvalue weighted by molar-refractivity contribution is 6.35. The highest BCUT2D eigenvalue weighted by Crippen LogP contribution is 2.57. The van der Waals surface area contributed by atoms with E-state index in [4.69, 9.17) is 23.2 Å². The van der Waals surface area contributed by atoms with Crippen LogP contribution in [0.2, 0.25) is 10.0 Å². The van der Waals surface area contributed by atoms with E-state index >= 15 is 0 Å². The fraction of sp³-hybridized carbons (Fsp3) is 0.320. The monoisotopic (exact) mass is 456 g/mol. The first kappa shape index (κ1) is 20.7. The lowest BCUT2D eigenvalue weighted by Gasteiger charge is -2.42. The first-order valence-electron chi connectivity index (χ1n) is 10.5. The highest BCUT2D eigenvalue weighted by Gasteiger charge is 2.54. The van der Waals surface area contributed by atoms with Crippen LogP contribution < -0.4 is 0 Å². The summed E-state index contributed by atoms with van der Waals surface area (Å²) in [6.07, 6.45) is 7.64. The minimum absolute atomic E-state index is 0.266. The normalized spacial score (nSPS) is 24.6. The van der Waals surface area contributed by atoms with Gasteiger partial charge in [0.25, 0.3) is 0 Å². The van der Waals surface area contributed by atoms with Gasteiger partial charge in [0.2, 0.25) is 0 Å². The van der Waals surface area contributed by atoms with Crippen molar-refractivity contribution >= 4 is 29.3 Å². The van der Waals surface area contributed by atoms with Crippen molar-refractivity contribution < 1.29 is 9.50 Å². The fourth-order valence-corrected chi connectivity index (χ4v) is 5.69. The van der Waals surface area contributed by atoms with Crippen molar-refractivity contribution in [1.29, 1.82) is 0 Å². The van der Waals surface area contributed by atoms with E-state index in [0.717, 1.165) is 41.8 Å². The van der Waals surface area contributed by atoms with Gasteiger partial charge in [-0.1, -0.05) is 41.8 Å². The minimum Gasteiger partial charge on any atom is -0.389 e. The van der Waals surface area contributed by atoms with E-state index in [1.54, 1.807) is 18.2 Å². The molecule has 1 saturated carbocycles. The summed E-state index contributed by atoms with van der Waals surface area (Å²) in [5.41, 5.74) is 4.01. The van der Waals surface area contributed by atoms with Gasteiger partial charge in [-0.2, -0.15) is 5.10 Å². The summed E-state index contributed by atoms with van der Waals surface area (Å²) in [5.74, 6) is -0.266. The number of benzene rings is 2. The van der Waals surface area contributed by atoms with E-state index in [0.29, 0.717) is 22.9 Å². The zero-order chi connectivity index (χ0) is 21.8. The quantitative estimate of drug-likeness (QED) is 0.491. The van der Waals surface area contributed by atoms with Crippen LogP contribution in [0, 0.1) is 11.2 Å². The van der Waals surface area contributed by atoms with Crippen molar-refractivity contribution in [2.24, 2.45) is 5.41 Å². The molecule has 6 heteroatoms. The molecule has 160 valence electrons. The Bertz CT molecular complexity index is 1190. The predicted octanol–water partition coefficient (Wildman–Crippen LogP) is 6.42. The first-order valence-corrected chi connectivity index (χ1v) is 11.2. The molecular formula is C25H23Cl2FN2O. The van der Waals surface area contributed by atoms with Gasteiger partial charge in [-0.15, -0.1) is 0 Å². The zero-order valence-corrected chi connectivity index (χ0v) is 18.7. The third-order valence-corrected chi connectivity index (χ3v) is 7.77. The number of aliphatic hydroxyl groups is 1. The number of hydrogen-bond donors (Lipinski definition) is 1. The molecule has 2 atom stereocenters.